The smallest absolute Gasteiger partial charge is 0.325 e. The third kappa shape index (κ3) is 4.14. The lowest BCUT2D eigenvalue weighted by molar-refractivity contribution is -0.157. The van der Waals surface area contributed by atoms with Gasteiger partial charge >= 0.3 is 11.9 Å². The number of rotatable bonds is 5. The standard InChI is InChI=1S/C13H15BrO4/c1-3-11(12(15)17-4-2)13(16)18-10-7-5-9(14)6-8-10/h5-8,11H,3-4H2,1-2H3. The highest BCUT2D eigenvalue weighted by atomic mass is 79.9. The van der Waals surface area contributed by atoms with E-state index in [4.69, 9.17) is 9.47 Å². The van der Waals surface area contributed by atoms with Crippen LogP contribution in [0.5, 0.6) is 5.75 Å². The van der Waals surface area contributed by atoms with E-state index < -0.39 is 17.9 Å². The molecule has 1 atom stereocenters. The molecular formula is C13H15BrO4. The Morgan fingerprint density at radius 2 is 1.78 bits per heavy atom. The number of carbonyl (C=O) groups is 2. The molecule has 0 aliphatic rings. The van der Waals surface area contributed by atoms with Gasteiger partial charge in [-0.1, -0.05) is 22.9 Å². The van der Waals surface area contributed by atoms with Crippen LogP contribution < -0.4 is 4.74 Å². The van der Waals surface area contributed by atoms with E-state index in [1.54, 1.807) is 38.1 Å². The van der Waals surface area contributed by atoms with Gasteiger partial charge in [0.1, 0.15) is 5.75 Å². The molecule has 0 N–H and O–H groups in total. The third-order valence-corrected chi connectivity index (χ3v) is 2.82. The van der Waals surface area contributed by atoms with Crippen LogP contribution in [0, 0.1) is 5.92 Å². The molecule has 98 valence electrons. The minimum atomic E-state index is -0.867. The first-order valence-corrected chi connectivity index (χ1v) is 6.51. The van der Waals surface area contributed by atoms with E-state index in [0.717, 1.165) is 4.47 Å². The van der Waals surface area contributed by atoms with E-state index in [-0.39, 0.29) is 6.61 Å². The molecule has 1 rings (SSSR count). The van der Waals surface area contributed by atoms with Crippen molar-refractivity contribution in [1.29, 1.82) is 0 Å². The van der Waals surface area contributed by atoms with Gasteiger partial charge in [-0.25, -0.2) is 0 Å². The normalized spacial score (nSPS) is 11.7. The zero-order chi connectivity index (χ0) is 13.5. The van der Waals surface area contributed by atoms with Crippen LogP contribution in [0.25, 0.3) is 0 Å². The minimum absolute atomic E-state index is 0.251. The summed E-state index contributed by atoms with van der Waals surface area (Å²) >= 11 is 3.28. The zero-order valence-corrected chi connectivity index (χ0v) is 11.9. The molecule has 0 radical (unpaired) electrons. The van der Waals surface area contributed by atoms with Crippen molar-refractivity contribution < 1.29 is 19.1 Å². The second-order valence-electron chi connectivity index (χ2n) is 3.59. The van der Waals surface area contributed by atoms with Gasteiger partial charge in [0.15, 0.2) is 5.92 Å². The Bertz CT molecular complexity index is 414. The Labute approximate surface area is 114 Å². The summed E-state index contributed by atoms with van der Waals surface area (Å²) in [5, 5.41) is 0. The van der Waals surface area contributed by atoms with Crippen LogP contribution >= 0.6 is 15.9 Å². The number of esters is 2. The first-order valence-electron chi connectivity index (χ1n) is 5.72. The predicted molar refractivity (Wildman–Crippen MR) is 70.2 cm³/mol. The van der Waals surface area contributed by atoms with Crippen LogP contribution in [0.4, 0.5) is 0 Å². The summed E-state index contributed by atoms with van der Waals surface area (Å²) < 4.78 is 10.8. The van der Waals surface area contributed by atoms with Gasteiger partial charge in [-0.05, 0) is 37.6 Å². The highest BCUT2D eigenvalue weighted by molar-refractivity contribution is 9.10. The fraction of sp³-hybridized carbons (Fsp3) is 0.385. The molecule has 0 saturated heterocycles. The van der Waals surface area contributed by atoms with Crippen LogP contribution in [-0.2, 0) is 14.3 Å². The quantitative estimate of drug-likeness (QED) is 0.476. The fourth-order valence-corrected chi connectivity index (χ4v) is 1.63. The van der Waals surface area contributed by atoms with Crippen molar-refractivity contribution in [3.8, 4) is 5.75 Å². The van der Waals surface area contributed by atoms with Crippen molar-refractivity contribution in [1.82, 2.24) is 0 Å². The maximum Gasteiger partial charge on any atom is 0.325 e. The van der Waals surface area contributed by atoms with Gasteiger partial charge in [0, 0.05) is 4.47 Å². The first-order chi connectivity index (χ1) is 8.58. The molecule has 1 unspecified atom stereocenters. The van der Waals surface area contributed by atoms with Crippen molar-refractivity contribution in [2.45, 2.75) is 20.3 Å². The van der Waals surface area contributed by atoms with Gasteiger partial charge in [-0.2, -0.15) is 0 Å². The molecule has 0 amide bonds. The van der Waals surface area contributed by atoms with Crippen molar-refractivity contribution in [2.75, 3.05) is 6.61 Å². The molecule has 1 aromatic rings. The highest BCUT2D eigenvalue weighted by Gasteiger charge is 2.28. The second kappa shape index (κ2) is 7.16. The summed E-state index contributed by atoms with van der Waals surface area (Å²) in [5.74, 6) is -1.58. The number of hydrogen-bond acceptors (Lipinski definition) is 4. The Hall–Kier alpha value is -1.36. The van der Waals surface area contributed by atoms with E-state index in [2.05, 4.69) is 15.9 Å². The number of ether oxygens (including phenoxy) is 2. The van der Waals surface area contributed by atoms with Gasteiger partial charge < -0.3 is 9.47 Å². The van der Waals surface area contributed by atoms with Crippen LogP contribution in [0.2, 0.25) is 0 Å². The molecular weight excluding hydrogens is 300 g/mol. The minimum Gasteiger partial charge on any atom is -0.465 e. The van der Waals surface area contributed by atoms with E-state index in [1.165, 1.54) is 0 Å². The highest BCUT2D eigenvalue weighted by Crippen LogP contribution is 2.18. The summed E-state index contributed by atoms with van der Waals surface area (Å²) in [7, 11) is 0. The van der Waals surface area contributed by atoms with Gasteiger partial charge in [-0.15, -0.1) is 0 Å². The van der Waals surface area contributed by atoms with E-state index in [9.17, 15) is 9.59 Å². The van der Waals surface area contributed by atoms with Crippen molar-refractivity contribution in [3.05, 3.63) is 28.7 Å². The Balaban J connectivity index is 2.67. The molecule has 0 spiro atoms. The van der Waals surface area contributed by atoms with Crippen LogP contribution in [-0.4, -0.2) is 18.5 Å². The number of halogens is 1. The number of hydrogen-bond donors (Lipinski definition) is 0. The molecule has 5 heteroatoms. The maximum absolute atomic E-state index is 11.8. The summed E-state index contributed by atoms with van der Waals surface area (Å²) in [6, 6.07) is 6.82. The topological polar surface area (TPSA) is 52.6 Å². The predicted octanol–water partition coefficient (Wildman–Crippen LogP) is 2.94. The average molecular weight is 315 g/mol. The van der Waals surface area contributed by atoms with Crippen LogP contribution in [0.1, 0.15) is 20.3 Å². The van der Waals surface area contributed by atoms with Crippen LogP contribution in [0.3, 0.4) is 0 Å². The Morgan fingerprint density at radius 3 is 2.28 bits per heavy atom. The molecule has 18 heavy (non-hydrogen) atoms. The molecule has 0 fully saturated rings. The lowest BCUT2D eigenvalue weighted by Crippen LogP contribution is -2.29. The van der Waals surface area contributed by atoms with Crippen molar-refractivity contribution >= 4 is 27.9 Å². The molecule has 0 heterocycles. The van der Waals surface area contributed by atoms with Gasteiger partial charge in [-0.3, -0.25) is 9.59 Å². The molecule has 1 aromatic carbocycles. The number of carbonyl (C=O) groups excluding carboxylic acids is 2. The lowest BCUT2D eigenvalue weighted by atomic mass is 10.1. The van der Waals surface area contributed by atoms with E-state index in [0.29, 0.717) is 12.2 Å². The third-order valence-electron chi connectivity index (χ3n) is 2.30. The van der Waals surface area contributed by atoms with Crippen molar-refractivity contribution in [2.24, 2.45) is 5.92 Å². The monoisotopic (exact) mass is 314 g/mol. The SMILES string of the molecule is CCOC(=O)C(CC)C(=O)Oc1ccc(Br)cc1. The van der Waals surface area contributed by atoms with E-state index in [1.807, 2.05) is 0 Å². The summed E-state index contributed by atoms with van der Waals surface area (Å²) in [6.07, 6.45) is 0.355. The summed E-state index contributed by atoms with van der Waals surface area (Å²) in [5.41, 5.74) is 0. The number of benzene rings is 1. The summed E-state index contributed by atoms with van der Waals surface area (Å²) in [4.78, 5) is 23.3. The average Bonchev–Trinajstić information content (AvgIpc) is 2.33. The molecule has 0 aliphatic heterocycles. The first kappa shape index (κ1) is 14.7. The zero-order valence-electron chi connectivity index (χ0n) is 10.3. The van der Waals surface area contributed by atoms with Crippen molar-refractivity contribution in [3.63, 3.8) is 0 Å². The second-order valence-corrected chi connectivity index (χ2v) is 4.50. The molecule has 0 aromatic heterocycles. The molecule has 0 bridgehead atoms. The summed E-state index contributed by atoms with van der Waals surface area (Å²) in [6.45, 7) is 3.69. The largest absolute Gasteiger partial charge is 0.465 e. The molecule has 4 nitrogen and oxygen atoms in total. The maximum atomic E-state index is 11.8. The van der Waals surface area contributed by atoms with Gasteiger partial charge in [0.2, 0.25) is 0 Å². The van der Waals surface area contributed by atoms with E-state index >= 15 is 0 Å². The Kier molecular flexibility index (Phi) is 5.85. The Morgan fingerprint density at radius 1 is 1.17 bits per heavy atom. The molecule has 0 saturated carbocycles. The van der Waals surface area contributed by atoms with Crippen LogP contribution in [0.15, 0.2) is 28.7 Å². The van der Waals surface area contributed by atoms with Gasteiger partial charge in [0.05, 0.1) is 6.61 Å². The fourth-order valence-electron chi connectivity index (χ4n) is 1.36. The molecule has 0 aliphatic carbocycles. The lowest BCUT2D eigenvalue weighted by Gasteiger charge is -2.12. The van der Waals surface area contributed by atoms with Gasteiger partial charge in [0.25, 0.3) is 0 Å².